The Morgan fingerprint density at radius 3 is 2.35 bits per heavy atom. The Balaban J connectivity index is 1.17. The van der Waals surface area contributed by atoms with Gasteiger partial charge in [-0.15, -0.1) is 0 Å². The van der Waals surface area contributed by atoms with E-state index >= 15 is 0 Å². The molecule has 0 bridgehead atoms. The van der Waals surface area contributed by atoms with Crippen molar-refractivity contribution in [2.24, 2.45) is 5.41 Å². The number of piperazine rings is 1. The maximum absolute atomic E-state index is 12.6. The maximum Gasteiger partial charge on any atom is 0.223 e. The number of para-hydroxylation sites is 1. The monoisotopic (exact) mass is 356 g/mol. The molecule has 3 saturated heterocycles. The van der Waals surface area contributed by atoms with E-state index in [9.17, 15) is 4.79 Å². The van der Waals surface area contributed by atoms with Crippen molar-refractivity contribution in [3.63, 3.8) is 0 Å². The van der Waals surface area contributed by atoms with E-state index in [2.05, 4.69) is 50.3 Å². The van der Waals surface area contributed by atoms with E-state index in [1.807, 2.05) is 0 Å². The smallest absolute Gasteiger partial charge is 0.223 e. The number of carbonyl (C=O) groups excluding carboxylic acids is 1. The van der Waals surface area contributed by atoms with Crippen molar-refractivity contribution in [1.82, 2.24) is 15.1 Å². The molecule has 1 N–H and O–H groups in total. The minimum absolute atomic E-state index is 0.358. The lowest BCUT2D eigenvalue weighted by molar-refractivity contribution is -0.133. The molecule has 3 fully saturated rings. The lowest BCUT2D eigenvalue weighted by Crippen LogP contribution is -2.48. The van der Waals surface area contributed by atoms with Gasteiger partial charge in [-0.2, -0.15) is 0 Å². The number of nitrogens with zero attached hydrogens (tertiary/aromatic N) is 3. The average molecular weight is 357 g/mol. The minimum atomic E-state index is 0.358. The van der Waals surface area contributed by atoms with Crippen LogP contribution in [0.3, 0.4) is 0 Å². The zero-order valence-electron chi connectivity index (χ0n) is 15.8. The Labute approximate surface area is 157 Å². The van der Waals surface area contributed by atoms with Crippen molar-refractivity contribution in [2.75, 3.05) is 63.8 Å². The molecule has 3 aliphatic rings. The van der Waals surface area contributed by atoms with Gasteiger partial charge in [-0.05, 0) is 43.4 Å². The van der Waals surface area contributed by atoms with E-state index in [0.717, 1.165) is 58.9 Å². The van der Waals surface area contributed by atoms with Crippen LogP contribution in [0.1, 0.15) is 25.7 Å². The van der Waals surface area contributed by atoms with E-state index < -0.39 is 0 Å². The molecule has 5 nitrogen and oxygen atoms in total. The molecule has 1 aromatic carbocycles. The zero-order chi connectivity index (χ0) is 17.8. The molecule has 1 amide bonds. The molecule has 0 radical (unpaired) electrons. The summed E-state index contributed by atoms with van der Waals surface area (Å²) < 4.78 is 0. The summed E-state index contributed by atoms with van der Waals surface area (Å²) >= 11 is 0. The van der Waals surface area contributed by atoms with Crippen LogP contribution in [-0.2, 0) is 4.79 Å². The van der Waals surface area contributed by atoms with Crippen molar-refractivity contribution in [1.29, 1.82) is 0 Å². The van der Waals surface area contributed by atoms with E-state index in [1.54, 1.807) is 0 Å². The van der Waals surface area contributed by atoms with Crippen molar-refractivity contribution in [3.8, 4) is 0 Å². The topological polar surface area (TPSA) is 38.8 Å². The molecular weight excluding hydrogens is 324 g/mol. The molecule has 3 aliphatic heterocycles. The first-order chi connectivity index (χ1) is 12.7. The van der Waals surface area contributed by atoms with Gasteiger partial charge in [0.25, 0.3) is 0 Å². The molecule has 1 spiro atoms. The van der Waals surface area contributed by atoms with Crippen LogP contribution in [0.4, 0.5) is 5.69 Å². The summed E-state index contributed by atoms with van der Waals surface area (Å²) in [5.74, 6) is 0.358. The molecule has 0 unspecified atom stereocenters. The van der Waals surface area contributed by atoms with E-state index in [0.29, 0.717) is 17.7 Å². The molecule has 0 atom stereocenters. The van der Waals surface area contributed by atoms with Crippen molar-refractivity contribution >= 4 is 11.6 Å². The number of hydrogen-bond acceptors (Lipinski definition) is 4. The molecule has 0 aromatic heterocycles. The fourth-order valence-electron chi connectivity index (χ4n) is 4.73. The molecule has 3 heterocycles. The van der Waals surface area contributed by atoms with Gasteiger partial charge in [-0.25, -0.2) is 0 Å². The van der Waals surface area contributed by atoms with E-state index in [1.165, 1.54) is 24.9 Å². The third-order valence-electron chi connectivity index (χ3n) is 6.64. The Hall–Kier alpha value is -1.59. The highest BCUT2D eigenvalue weighted by Crippen LogP contribution is 2.36. The summed E-state index contributed by atoms with van der Waals surface area (Å²) in [7, 11) is 0. The van der Waals surface area contributed by atoms with Gasteiger partial charge in [-0.1, -0.05) is 18.2 Å². The molecule has 142 valence electrons. The van der Waals surface area contributed by atoms with Crippen LogP contribution in [0, 0.1) is 5.41 Å². The summed E-state index contributed by atoms with van der Waals surface area (Å²) in [5, 5.41) is 3.50. The Morgan fingerprint density at radius 1 is 0.962 bits per heavy atom. The number of likely N-dealkylation sites (tertiary alicyclic amines) is 1. The second-order valence-corrected chi connectivity index (χ2v) is 8.22. The highest BCUT2D eigenvalue weighted by Gasteiger charge is 2.37. The third kappa shape index (κ3) is 4.04. The lowest BCUT2D eigenvalue weighted by atomic mass is 9.78. The normalized spacial score (nSPS) is 23.5. The van der Waals surface area contributed by atoms with Crippen LogP contribution in [-0.4, -0.2) is 74.6 Å². The van der Waals surface area contributed by atoms with Crippen LogP contribution < -0.4 is 10.2 Å². The van der Waals surface area contributed by atoms with Crippen LogP contribution in [0.5, 0.6) is 0 Å². The van der Waals surface area contributed by atoms with Gasteiger partial charge in [0, 0.05) is 64.5 Å². The summed E-state index contributed by atoms with van der Waals surface area (Å²) in [6, 6.07) is 10.6. The van der Waals surface area contributed by atoms with Gasteiger partial charge in [-0.3, -0.25) is 9.69 Å². The number of hydrogen-bond donors (Lipinski definition) is 1. The number of benzene rings is 1. The molecule has 4 rings (SSSR count). The lowest BCUT2D eigenvalue weighted by Gasteiger charge is -2.39. The van der Waals surface area contributed by atoms with Crippen LogP contribution in [0.2, 0.25) is 0 Å². The molecule has 0 saturated carbocycles. The molecule has 0 aliphatic carbocycles. The van der Waals surface area contributed by atoms with E-state index in [-0.39, 0.29) is 0 Å². The quantitative estimate of drug-likeness (QED) is 0.893. The third-order valence-corrected chi connectivity index (χ3v) is 6.64. The first-order valence-corrected chi connectivity index (χ1v) is 10.3. The highest BCUT2D eigenvalue weighted by molar-refractivity contribution is 5.76. The van der Waals surface area contributed by atoms with Crippen molar-refractivity contribution in [3.05, 3.63) is 30.3 Å². The largest absolute Gasteiger partial charge is 0.369 e. The number of rotatable bonds is 4. The summed E-state index contributed by atoms with van der Waals surface area (Å²) in [6.07, 6.45) is 4.33. The SMILES string of the molecule is O=C(CCN1CCN(c2ccccc2)CC1)N1CCC2(CCNC2)CC1. The number of anilines is 1. The van der Waals surface area contributed by atoms with Crippen LogP contribution in [0.15, 0.2) is 30.3 Å². The number of nitrogens with one attached hydrogen (secondary N) is 1. The number of carbonyl (C=O) groups is 1. The van der Waals surface area contributed by atoms with Gasteiger partial charge < -0.3 is 15.1 Å². The summed E-state index contributed by atoms with van der Waals surface area (Å²) in [5.41, 5.74) is 1.80. The van der Waals surface area contributed by atoms with Crippen molar-refractivity contribution < 1.29 is 4.79 Å². The van der Waals surface area contributed by atoms with Gasteiger partial charge in [0.2, 0.25) is 5.91 Å². The molecule has 5 heteroatoms. The van der Waals surface area contributed by atoms with Crippen LogP contribution >= 0.6 is 0 Å². The van der Waals surface area contributed by atoms with Crippen molar-refractivity contribution in [2.45, 2.75) is 25.7 Å². The molecular formula is C21H32N4O. The standard InChI is InChI=1S/C21H32N4O/c26-20(25-12-8-21(9-13-25)7-10-22-18-21)6-11-23-14-16-24(17-15-23)19-4-2-1-3-5-19/h1-5,22H,6-18H2. The predicted molar refractivity (Wildman–Crippen MR) is 105 cm³/mol. The highest BCUT2D eigenvalue weighted by atomic mass is 16.2. The summed E-state index contributed by atoms with van der Waals surface area (Å²) in [4.78, 5) is 19.6. The first kappa shape index (κ1) is 17.8. The average Bonchev–Trinajstić information content (AvgIpc) is 3.16. The van der Waals surface area contributed by atoms with E-state index in [4.69, 9.17) is 0 Å². The van der Waals surface area contributed by atoms with Gasteiger partial charge >= 0.3 is 0 Å². The van der Waals surface area contributed by atoms with Gasteiger partial charge in [0.05, 0.1) is 0 Å². The van der Waals surface area contributed by atoms with Gasteiger partial charge in [0.15, 0.2) is 0 Å². The second kappa shape index (κ2) is 7.97. The first-order valence-electron chi connectivity index (χ1n) is 10.3. The number of piperidine rings is 1. The molecule has 1 aromatic rings. The Kier molecular flexibility index (Phi) is 5.46. The number of amides is 1. The summed E-state index contributed by atoms with van der Waals surface area (Å²) in [6.45, 7) is 9.35. The Morgan fingerprint density at radius 2 is 1.69 bits per heavy atom. The van der Waals surface area contributed by atoms with Gasteiger partial charge in [0.1, 0.15) is 0 Å². The second-order valence-electron chi connectivity index (χ2n) is 8.22. The predicted octanol–water partition coefficient (Wildman–Crippen LogP) is 1.80. The maximum atomic E-state index is 12.6. The fourth-order valence-corrected chi connectivity index (χ4v) is 4.73. The minimum Gasteiger partial charge on any atom is -0.369 e. The fraction of sp³-hybridized carbons (Fsp3) is 0.667. The Bertz CT molecular complexity index is 581. The zero-order valence-corrected chi connectivity index (χ0v) is 15.8. The molecule has 26 heavy (non-hydrogen) atoms. The van der Waals surface area contributed by atoms with Crippen LogP contribution in [0.25, 0.3) is 0 Å².